The van der Waals surface area contributed by atoms with Crippen LogP contribution in [0.2, 0.25) is 0 Å². The van der Waals surface area contributed by atoms with E-state index in [0.29, 0.717) is 6.42 Å². The average Bonchev–Trinajstić information content (AvgIpc) is 2.67. The molecule has 1 aliphatic carbocycles. The van der Waals surface area contributed by atoms with Crippen LogP contribution in [0.1, 0.15) is 18.4 Å². The van der Waals surface area contributed by atoms with Gasteiger partial charge in [0.2, 0.25) is 5.91 Å². The van der Waals surface area contributed by atoms with E-state index in [1.54, 1.807) is 0 Å². The highest BCUT2D eigenvalue weighted by atomic mass is 16.1. The SMILES string of the molecule is NC(=O)C1=CC2=C(C1)c1ccccc1NCC2. The lowest BCUT2D eigenvalue weighted by Crippen LogP contribution is -2.13. The number of para-hydroxylation sites is 1. The Bertz CT molecular complexity index is 555. The summed E-state index contributed by atoms with van der Waals surface area (Å²) in [6, 6.07) is 8.22. The smallest absolute Gasteiger partial charge is 0.244 e. The molecule has 3 rings (SSSR count). The molecule has 1 aromatic carbocycles. The normalized spacial score (nSPS) is 17.8. The van der Waals surface area contributed by atoms with Gasteiger partial charge in [-0.05, 0) is 29.7 Å². The summed E-state index contributed by atoms with van der Waals surface area (Å²) in [5.41, 5.74) is 10.9. The molecule has 2 aliphatic rings. The van der Waals surface area contributed by atoms with E-state index in [1.165, 1.54) is 16.7 Å². The van der Waals surface area contributed by atoms with Crippen LogP contribution in [0.15, 0.2) is 41.5 Å². The summed E-state index contributed by atoms with van der Waals surface area (Å²) in [4.78, 5) is 11.3. The zero-order chi connectivity index (χ0) is 11.8. The summed E-state index contributed by atoms with van der Waals surface area (Å²) >= 11 is 0. The lowest BCUT2D eigenvalue weighted by atomic mass is 9.98. The Balaban J connectivity index is 2.06. The molecule has 0 aromatic heterocycles. The first-order chi connectivity index (χ1) is 8.25. The number of carbonyl (C=O) groups is 1. The number of hydrogen-bond acceptors (Lipinski definition) is 2. The molecule has 1 amide bonds. The zero-order valence-corrected chi connectivity index (χ0v) is 9.49. The third-order valence-electron chi connectivity index (χ3n) is 3.38. The Hall–Kier alpha value is -2.03. The summed E-state index contributed by atoms with van der Waals surface area (Å²) in [5, 5.41) is 3.41. The number of hydrogen-bond donors (Lipinski definition) is 2. The summed E-state index contributed by atoms with van der Waals surface area (Å²) in [7, 11) is 0. The zero-order valence-electron chi connectivity index (χ0n) is 9.49. The van der Waals surface area contributed by atoms with Crippen molar-refractivity contribution in [2.75, 3.05) is 11.9 Å². The standard InChI is InChI=1S/C14H14N2O/c15-14(17)10-7-9-5-6-16-13-4-2-1-3-11(13)12(9)8-10/h1-4,7,16H,5-6,8H2,(H2,15,17). The molecule has 1 aliphatic heterocycles. The first-order valence-corrected chi connectivity index (χ1v) is 5.81. The van der Waals surface area contributed by atoms with Gasteiger partial charge in [0.1, 0.15) is 0 Å². The van der Waals surface area contributed by atoms with Gasteiger partial charge < -0.3 is 11.1 Å². The maximum absolute atomic E-state index is 11.3. The molecule has 0 saturated heterocycles. The average molecular weight is 226 g/mol. The van der Waals surface area contributed by atoms with Gasteiger partial charge in [-0.1, -0.05) is 18.2 Å². The third-order valence-corrected chi connectivity index (χ3v) is 3.38. The molecule has 1 heterocycles. The van der Waals surface area contributed by atoms with Gasteiger partial charge in [0.25, 0.3) is 0 Å². The van der Waals surface area contributed by atoms with Gasteiger partial charge in [-0.3, -0.25) is 4.79 Å². The molecule has 0 unspecified atom stereocenters. The Labute approximate surface area is 100 Å². The van der Waals surface area contributed by atoms with Crippen molar-refractivity contribution < 1.29 is 4.79 Å². The summed E-state index contributed by atoms with van der Waals surface area (Å²) in [5.74, 6) is -0.302. The van der Waals surface area contributed by atoms with Crippen molar-refractivity contribution in [1.29, 1.82) is 0 Å². The van der Waals surface area contributed by atoms with Crippen LogP contribution in [0.4, 0.5) is 5.69 Å². The van der Waals surface area contributed by atoms with Gasteiger partial charge in [0, 0.05) is 29.8 Å². The molecular formula is C14H14N2O. The predicted molar refractivity (Wildman–Crippen MR) is 68.4 cm³/mol. The van der Waals surface area contributed by atoms with Gasteiger partial charge in [0.15, 0.2) is 0 Å². The number of amides is 1. The summed E-state index contributed by atoms with van der Waals surface area (Å²) in [6.45, 7) is 0.901. The number of nitrogens with two attached hydrogens (primary N) is 1. The third kappa shape index (κ3) is 1.64. The quantitative estimate of drug-likeness (QED) is 0.770. The van der Waals surface area contributed by atoms with E-state index >= 15 is 0 Å². The van der Waals surface area contributed by atoms with E-state index in [4.69, 9.17) is 5.73 Å². The molecule has 0 radical (unpaired) electrons. The molecule has 0 bridgehead atoms. The molecule has 86 valence electrons. The second kappa shape index (κ2) is 3.77. The second-order valence-electron chi connectivity index (χ2n) is 4.44. The summed E-state index contributed by atoms with van der Waals surface area (Å²) in [6.07, 6.45) is 3.58. The van der Waals surface area contributed by atoms with Crippen molar-refractivity contribution in [3.05, 3.63) is 47.1 Å². The molecule has 1 aromatic rings. The number of anilines is 1. The highest BCUT2D eigenvalue weighted by Crippen LogP contribution is 2.39. The molecule has 0 spiro atoms. The van der Waals surface area contributed by atoms with Crippen LogP contribution in [0.5, 0.6) is 0 Å². The van der Waals surface area contributed by atoms with E-state index in [0.717, 1.165) is 24.2 Å². The topological polar surface area (TPSA) is 55.1 Å². The van der Waals surface area contributed by atoms with Crippen molar-refractivity contribution in [3.63, 3.8) is 0 Å². The molecule has 3 N–H and O–H groups in total. The highest BCUT2D eigenvalue weighted by Gasteiger charge is 2.23. The molecule has 17 heavy (non-hydrogen) atoms. The number of rotatable bonds is 1. The van der Waals surface area contributed by atoms with E-state index in [-0.39, 0.29) is 5.91 Å². The number of primary amides is 1. The first kappa shape index (κ1) is 10.1. The van der Waals surface area contributed by atoms with Crippen molar-refractivity contribution in [2.24, 2.45) is 5.73 Å². The monoisotopic (exact) mass is 226 g/mol. The van der Waals surface area contributed by atoms with Crippen molar-refractivity contribution in [1.82, 2.24) is 0 Å². The van der Waals surface area contributed by atoms with E-state index in [9.17, 15) is 4.79 Å². The highest BCUT2D eigenvalue weighted by molar-refractivity contribution is 5.99. The minimum absolute atomic E-state index is 0.302. The van der Waals surface area contributed by atoms with Gasteiger partial charge in [0.05, 0.1) is 0 Å². The van der Waals surface area contributed by atoms with Crippen LogP contribution in [0, 0.1) is 0 Å². The number of carbonyl (C=O) groups excluding carboxylic acids is 1. The minimum atomic E-state index is -0.302. The largest absolute Gasteiger partial charge is 0.384 e. The number of nitrogens with one attached hydrogen (secondary N) is 1. The van der Waals surface area contributed by atoms with Gasteiger partial charge in [-0.25, -0.2) is 0 Å². The van der Waals surface area contributed by atoms with Crippen LogP contribution in [0.3, 0.4) is 0 Å². The fraction of sp³-hybridized carbons (Fsp3) is 0.214. The van der Waals surface area contributed by atoms with E-state index < -0.39 is 0 Å². The molecule has 0 atom stereocenters. The fourth-order valence-corrected chi connectivity index (χ4v) is 2.53. The van der Waals surface area contributed by atoms with Gasteiger partial charge in [-0.2, -0.15) is 0 Å². The molecular weight excluding hydrogens is 212 g/mol. The Kier molecular flexibility index (Phi) is 2.25. The van der Waals surface area contributed by atoms with E-state index in [1.807, 2.05) is 18.2 Å². The number of allylic oxidation sites excluding steroid dienone is 2. The Morgan fingerprint density at radius 1 is 1.29 bits per heavy atom. The maximum Gasteiger partial charge on any atom is 0.244 e. The number of fused-ring (bicyclic) bond motifs is 2. The van der Waals surface area contributed by atoms with Crippen LogP contribution in [-0.4, -0.2) is 12.5 Å². The molecule has 3 heteroatoms. The van der Waals surface area contributed by atoms with Crippen LogP contribution < -0.4 is 11.1 Å². The predicted octanol–water partition coefficient (Wildman–Crippen LogP) is 2.07. The summed E-state index contributed by atoms with van der Waals surface area (Å²) < 4.78 is 0. The van der Waals surface area contributed by atoms with E-state index in [2.05, 4.69) is 17.4 Å². The van der Waals surface area contributed by atoms with Crippen molar-refractivity contribution in [2.45, 2.75) is 12.8 Å². The van der Waals surface area contributed by atoms with Gasteiger partial charge in [-0.15, -0.1) is 0 Å². The fourth-order valence-electron chi connectivity index (χ4n) is 2.53. The van der Waals surface area contributed by atoms with Gasteiger partial charge >= 0.3 is 0 Å². The Morgan fingerprint density at radius 3 is 2.94 bits per heavy atom. The molecule has 3 nitrogen and oxygen atoms in total. The lowest BCUT2D eigenvalue weighted by molar-refractivity contribution is -0.114. The molecule has 0 fully saturated rings. The second-order valence-corrected chi connectivity index (χ2v) is 4.44. The lowest BCUT2D eigenvalue weighted by Gasteiger charge is -2.10. The van der Waals surface area contributed by atoms with Crippen LogP contribution in [-0.2, 0) is 4.79 Å². The maximum atomic E-state index is 11.3. The minimum Gasteiger partial charge on any atom is -0.384 e. The Morgan fingerprint density at radius 2 is 2.12 bits per heavy atom. The number of benzene rings is 1. The van der Waals surface area contributed by atoms with Crippen LogP contribution >= 0.6 is 0 Å². The molecule has 0 saturated carbocycles. The van der Waals surface area contributed by atoms with Crippen LogP contribution in [0.25, 0.3) is 5.57 Å². The van der Waals surface area contributed by atoms with Crippen molar-refractivity contribution in [3.8, 4) is 0 Å². The van der Waals surface area contributed by atoms with Crippen molar-refractivity contribution >= 4 is 17.2 Å². The first-order valence-electron chi connectivity index (χ1n) is 5.81.